The quantitative estimate of drug-likeness (QED) is 0.463. The van der Waals surface area contributed by atoms with Crippen molar-refractivity contribution in [3.05, 3.63) is 81.8 Å². The van der Waals surface area contributed by atoms with E-state index < -0.39 is 5.91 Å². The molecule has 0 aliphatic heterocycles. The van der Waals surface area contributed by atoms with E-state index in [1.807, 2.05) is 0 Å². The molecule has 2 aromatic rings. The smallest absolute Gasteiger partial charge is 0.246 e. The number of hydrogen-bond donors (Lipinski definition) is 3. The average molecular weight is 416 g/mol. The third kappa shape index (κ3) is 7.10. The Morgan fingerprint density at radius 3 is 1.96 bits per heavy atom. The molecule has 0 atom stereocenters. The molecule has 0 heterocycles. The van der Waals surface area contributed by atoms with Gasteiger partial charge in [-0.15, -0.1) is 13.2 Å². The summed E-state index contributed by atoms with van der Waals surface area (Å²) < 4.78 is 0. The van der Waals surface area contributed by atoms with Crippen molar-refractivity contribution in [1.82, 2.24) is 0 Å². The summed E-state index contributed by atoms with van der Waals surface area (Å²) in [5, 5.41) is 11.7. The monoisotopic (exact) mass is 414 g/mol. The van der Waals surface area contributed by atoms with Crippen LogP contribution in [0.5, 0.6) is 0 Å². The first-order valence-electron chi connectivity index (χ1n) is 7.32. The van der Waals surface area contributed by atoms with Crippen LogP contribution in [0.3, 0.4) is 0 Å². The van der Waals surface area contributed by atoms with Gasteiger partial charge in [0.2, 0.25) is 5.91 Å². The van der Waals surface area contributed by atoms with Gasteiger partial charge in [-0.25, -0.2) is 0 Å². The summed E-state index contributed by atoms with van der Waals surface area (Å²) in [7, 11) is 1.00. The van der Waals surface area contributed by atoms with Gasteiger partial charge < -0.3 is 16.2 Å². The number of amides is 1. The van der Waals surface area contributed by atoms with Crippen molar-refractivity contribution in [2.24, 2.45) is 5.73 Å². The molecule has 0 aliphatic carbocycles. The Kier molecular flexibility index (Phi) is 11.4. The summed E-state index contributed by atoms with van der Waals surface area (Å²) in [6.07, 6.45) is 0. The molecule has 0 aromatic heterocycles. The summed E-state index contributed by atoms with van der Waals surface area (Å²) in [5.74, 6) is -0.525. The fraction of sp³-hybridized carbons (Fsp3) is 0.105. The zero-order valence-electron chi connectivity index (χ0n) is 14.5. The van der Waals surface area contributed by atoms with Crippen molar-refractivity contribution in [1.29, 1.82) is 0 Å². The number of carbonyl (C=O) groups is 1. The first-order valence-corrected chi connectivity index (χ1v) is 8.45. The van der Waals surface area contributed by atoms with Gasteiger partial charge in [-0.2, -0.15) is 0 Å². The van der Waals surface area contributed by atoms with Crippen LogP contribution in [-0.2, 0) is 4.79 Å². The number of anilines is 1. The van der Waals surface area contributed by atoms with Crippen LogP contribution in [0.2, 0.25) is 15.1 Å². The molecule has 4 nitrogen and oxygen atoms in total. The highest BCUT2D eigenvalue weighted by Crippen LogP contribution is 2.30. The van der Waals surface area contributed by atoms with E-state index in [0.717, 1.165) is 12.7 Å². The number of hydrogen-bond acceptors (Lipinski definition) is 3. The fourth-order valence-electron chi connectivity index (χ4n) is 1.85. The Balaban J connectivity index is 0.00000146. The maximum Gasteiger partial charge on any atom is 0.246 e. The zero-order chi connectivity index (χ0) is 20.3. The molecule has 1 amide bonds. The van der Waals surface area contributed by atoms with E-state index in [1.54, 1.807) is 49.4 Å². The normalized spacial score (nSPS) is 10.4. The number of nitrogens with two attached hydrogens (primary N) is 1. The Morgan fingerprint density at radius 2 is 1.50 bits per heavy atom. The highest BCUT2D eigenvalue weighted by Gasteiger charge is 2.12. The molecule has 0 radical (unpaired) electrons. The molecule has 0 saturated carbocycles. The molecule has 7 heteroatoms. The van der Waals surface area contributed by atoms with Crippen LogP contribution in [0.15, 0.2) is 61.2 Å². The predicted octanol–water partition coefficient (Wildman–Crippen LogP) is 5.39. The third-order valence-corrected chi connectivity index (χ3v) is 3.87. The first kappa shape index (κ1) is 24.0. The van der Waals surface area contributed by atoms with Crippen molar-refractivity contribution < 1.29 is 9.90 Å². The second-order valence-electron chi connectivity index (χ2n) is 4.62. The minimum Gasteiger partial charge on any atom is -0.400 e. The van der Waals surface area contributed by atoms with Crippen molar-refractivity contribution in [2.45, 2.75) is 6.92 Å². The molecule has 0 fully saturated rings. The molecular weight excluding hydrogens is 395 g/mol. The van der Waals surface area contributed by atoms with E-state index in [4.69, 9.17) is 45.6 Å². The van der Waals surface area contributed by atoms with Crippen LogP contribution >= 0.6 is 34.8 Å². The fourth-order valence-corrected chi connectivity index (χ4v) is 2.43. The Labute approximate surface area is 168 Å². The molecule has 140 valence electrons. The summed E-state index contributed by atoms with van der Waals surface area (Å²) in [6.45, 7) is 7.64. The topological polar surface area (TPSA) is 75.4 Å². The van der Waals surface area contributed by atoms with Crippen molar-refractivity contribution >= 4 is 52.1 Å². The summed E-state index contributed by atoms with van der Waals surface area (Å²) in [6, 6.07) is 12.1. The van der Waals surface area contributed by atoms with Crippen LogP contribution in [0.4, 0.5) is 5.69 Å². The lowest BCUT2D eigenvalue weighted by Gasteiger charge is -2.15. The summed E-state index contributed by atoms with van der Waals surface area (Å²) in [5.41, 5.74) is 7.74. The lowest BCUT2D eigenvalue weighted by Crippen LogP contribution is -2.16. The molecule has 26 heavy (non-hydrogen) atoms. The van der Waals surface area contributed by atoms with Crippen molar-refractivity contribution in [2.75, 3.05) is 12.4 Å². The first-order chi connectivity index (χ1) is 12.4. The van der Waals surface area contributed by atoms with Gasteiger partial charge in [-0.05, 0) is 42.8 Å². The minimum absolute atomic E-state index is 0.383. The molecule has 2 aromatic carbocycles. The van der Waals surface area contributed by atoms with E-state index in [1.165, 1.54) is 0 Å². The number of benzene rings is 2. The summed E-state index contributed by atoms with van der Waals surface area (Å²) >= 11 is 17.9. The molecule has 2 rings (SSSR count). The predicted molar refractivity (Wildman–Crippen MR) is 113 cm³/mol. The van der Waals surface area contributed by atoms with Crippen LogP contribution in [-0.4, -0.2) is 18.1 Å². The highest BCUT2D eigenvalue weighted by molar-refractivity contribution is 6.36. The number of aliphatic hydroxyl groups is 1. The standard InChI is InChI=1S/C16H13Cl3N2O.C2H4.CH4O/c1-9(16(20)22)15(10-2-4-11(17)5-3-10)21-14-7-6-12(18)8-13(14)19;2*1-2/h2-8,21H,1H3,(H2,20,22);1-2H2;2H,1H3/b15-9-;;. The largest absolute Gasteiger partial charge is 0.400 e. The van der Waals surface area contributed by atoms with Gasteiger partial charge in [-0.1, -0.05) is 46.9 Å². The number of rotatable bonds is 4. The van der Waals surface area contributed by atoms with E-state index >= 15 is 0 Å². The van der Waals surface area contributed by atoms with Gasteiger partial charge in [0.15, 0.2) is 0 Å². The lowest BCUT2D eigenvalue weighted by atomic mass is 10.1. The Morgan fingerprint density at radius 1 is 1.00 bits per heavy atom. The van der Waals surface area contributed by atoms with Gasteiger partial charge in [0.25, 0.3) is 0 Å². The minimum atomic E-state index is -0.525. The molecular formula is C19H21Cl3N2O2. The van der Waals surface area contributed by atoms with Crippen LogP contribution in [0.1, 0.15) is 12.5 Å². The van der Waals surface area contributed by atoms with E-state index in [-0.39, 0.29) is 0 Å². The van der Waals surface area contributed by atoms with Gasteiger partial charge in [0, 0.05) is 22.7 Å². The average Bonchev–Trinajstić information content (AvgIpc) is 2.65. The second-order valence-corrected chi connectivity index (χ2v) is 5.90. The van der Waals surface area contributed by atoms with Crippen LogP contribution in [0, 0.1) is 0 Å². The number of primary amides is 1. The van der Waals surface area contributed by atoms with Gasteiger partial charge in [0.1, 0.15) is 0 Å². The third-order valence-electron chi connectivity index (χ3n) is 3.07. The van der Waals surface area contributed by atoms with Gasteiger partial charge in [-0.3, -0.25) is 4.79 Å². The van der Waals surface area contributed by atoms with E-state index in [9.17, 15) is 4.79 Å². The molecule has 0 saturated heterocycles. The maximum absolute atomic E-state index is 11.6. The molecule has 0 spiro atoms. The lowest BCUT2D eigenvalue weighted by molar-refractivity contribution is -0.114. The van der Waals surface area contributed by atoms with Crippen LogP contribution < -0.4 is 11.1 Å². The van der Waals surface area contributed by atoms with Crippen molar-refractivity contribution in [3.8, 4) is 0 Å². The highest BCUT2D eigenvalue weighted by atomic mass is 35.5. The molecule has 0 unspecified atom stereocenters. The SMILES string of the molecule is C/C(C(N)=O)=C(/Nc1ccc(Cl)cc1Cl)c1ccc(Cl)cc1.C=C.CO. The number of carbonyl (C=O) groups excluding carboxylic acids is 1. The summed E-state index contributed by atoms with van der Waals surface area (Å²) in [4.78, 5) is 11.6. The molecule has 0 aliphatic rings. The molecule has 0 bridgehead atoms. The number of halogens is 3. The Bertz CT molecular complexity index is 760. The van der Waals surface area contributed by atoms with E-state index in [0.29, 0.717) is 32.0 Å². The van der Waals surface area contributed by atoms with Crippen LogP contribution in [0.25, 0.3) is 5.70 Å². The number of aliphatic hydroxyl groups excluding tert-OH is 1. The number of nitrogens with one attached hydrogen (secondary N) is 1. The van der Waals surface area contributed by atoms with Crippen molar-refractivity contribution in [3.63, 3.8) is 0 Å². The molecule has 4 N–H and O–H groups in total. The van der Waals surface area contributed by atoms with Gasteiger partial charge >= 0.3 is 0 Å². The van der Waals surface area contributed by atoms with E-state index in [2.05, 4.69) is 18.5 Å². The Hall–Kier alpha value is -1.98. The zero-order valence-corrected chi connectivity index (χ0v) is 16.8. The second kappa shape index (κ2) is 12.4. The van der Waals surface area contributed by atoms with Gasteiger partial charge in [0.05, 0.1) is 16.4 Å². The maximum atomic E-state index is 11.6.